The van der Waals surface area contributed by atoms with Crippen LogP contribution in [-0.4, -0.2) is 45.8 Å². The highest BCUT2D eigenvalue weighted by Gasteiger charge is 2.31. The van der Waals surface area contributed by atoms with Gasteiger partial charge in [-0.2, -0.15) is 0 Å². The molecule has 8 nitrogen and oxygen atoms in total. The zero-order valence-corrected chi connectivity index (χ0v) is 19.4. The van der Waals surface area contributed by atoms with Gasteiger partial charge < -0.3 is 18.9 Å². The van der Waals surface area contributed by atoms with Gasteiger partial charge in [-0.15, -0.1) is 0 Å². The number of hydrogen-bond acceptors (Lipinski definition) is 7. The average molecular weight is 449 g/mol. The minimum absolute atomic E-state index is 0.0137. The van der Waals surface area contributed by atoms with Gasteiger partial charge in [0.1, 0.15) is 5.82 Å². The predicted octanol–water partition coefficient (Wildman–Crippen LogP) is 4.49. The van der Waals surface area contributed by atoms with Crippen molar-refractivity contribution in [3.63, 3.8) is 0 Å². The van der Waals surface area contributed by atoms with Crippen LogP contribution in [0.15, 0.2) is 35.0 Å². The van der Waals surface area contributed by atoms with Crippen molar-refractivity contribution in [3.8, 4) is 22.8 Å². The highest BCUT2D eigenvalue weighted by molar-refractivity contribution is 5.95. The fourth-order valence-electron chi connectivity index (χ4n) is 4.34. The summed E-state index contributed by atoms with van der Waals surface area (Å²) in [6.07, 6.45) is 3.66. The smallest absolute Gasteiger partial charge is 0.254 e. The van der Waals surface area contributed by atoms with E-state index in [4.69, 9.17) is 19.0 Å². The van der Waals surface area contributed by atoms with Gasteiger partial charge in [0.2, 0.25) is 6.79 Å². The first-order chi connectivity index (χ1) is 15.8. The van der Waals surface area contributed by atoms with Crippen LogP contribution < -0.4 is 9.47 Å². The summed E-state index contributed by atoms with van der Waals surface area (Å²) < 4.78 is 16.4. The molecular formula is C25H28N4O4. The second kappa shape index (κ2) is 8.17. The van der Waals surface area contributed by atoms with Crippen LogP contribution in [0.3, 0.4) is 0 Å². The van der Waals surface area contributed by atoms with Gasteiger partial charge in [0.25, 0.3) is 5.91 Å². The van der Waals surface area contributed by atoms with E-state index in [9.17, 15) is 4.79 Å². The van der Waals surface area contributed by atoms with Crippen molar-refractivity contribution in [1.82, 2.24) is 20.0 Å². The molecule has 1 amide bonds. The highest BCUT2D eigenvalue weighted by Crippen LogP contribution is 2.36. The third-order valence-electron chi connectivity index (χ3n) is 6.10. The van der Waals surface area contributed by atoms with Crippen molar-refractivity contribution in [2.45, 2.75) is 51.9 Å². The summed E-state index contributed by atoms with van der Waals surface area (Å²) in [5, 5.41) is 4.04. The lowest BCUT2D eigenvalue weighted by Gasteiger charge is -2.33. The number of carbonyl (C=O) groups is 1. The van der Waals surface area contributed by atoms with E-state index in [-0.39, 0.29) is 24.0 Å². The van der Waals surface area contributed by atoms with E-state index in [2.05, 4.69) is 30.9 Å². The maximum atomic E-state index is 13.3. The molecule has 0 radical (unpaired) electrons. The van der Waals surface area contributed by atoms with Gasteiger partial charge in [-0.25, -0.2) is 9.97 Å². The second-order valence-electron chi connectivity index (χ2n) is 9.73. The summed E-state index contributed by atoms with van der Waals surface area (Å²) in [6.45, 7) is 9.66. The fraction of sp³-hybridized carbons (Fsp3) is 0.440. The largest absolute Gasteiger partial charge is 0.454 e. The van der Waals surface area contributed by atoms with Crippen molar-refractivity contribution in [1.29, 1.82) is 0 Å². The maximum absolute atomic E-state index is 13.3. The molecule has 1 fully saturated rings. The van der Waals surface area contributed by atoms with Gasteiger partial charge in [-0.05, 0) is 38.0 Å². The Morgan fingerprint density at radius 3 is 2.73 bits per heavy atom. The molecule has 1 aromatic carbocycles. The van der Waals surface area contributed by atoms with Gasteiger partial charge in [-0.3, -0.25) is 4.79 Å². The number of carbonyl (C=O) groups excluding carboxylic acids is 1. The summed E-state index contributed by atoms with van der Waals surface area (Å²) in [5.74, 6) is 2.77. The Balaban J connectivity index is 1.46. The quantitative estimate of drug-likeness (QED) is 0.583. The second-order valence-corrected chi connectivity index (χ2v) is 9.73. The minimum Gasteiger partial charge on any atom is -0.454 e. The number of ether oxygens (including phenoxy) is 2. The SMILES string of the molecule is Cc1cc(-c2cnc(C(C)(C)C)nc2C2CCCN(C(=O)c3ccc4c(c3)OCO4)C2)on1. The Labute approximate surface area is 192 Å². The monoisotopic (exact) mass is 448 g/mol. The number of nitrogens with zero attached hydrogens (tertiary/aromatic N) is 4. The highest BCUT2D eigenvalue weighted by atomic mass is 16.7. The molecule has 1 unspecified atom stereocenters. The Kier molecular flexibility index (Phi) is 5.31. The molecule has 0 bridgehead atoms. The molecule has 0 N–H and O–H groups in total. The molecule has 172 valence electrons. The number of aromatic nitrogens is 3. The van der Waals surface area contributed by atoms with E-state index in [1.165, 1.54) is 0 Å². The normalized spacial score (nSPS) is 17.9. The molecule has 1 atom stereocenters. The molecule has 1 saturated heterocycles. The molecular weight excluding hydrogens is 420 g/mol. The number of benzene rings is 1. The lowest BCUT2D eigenvalue weighted by atomic mass is 9.89. The molecule has 0 spiro atoms. The van der Waals surface area contributed by atoms with E-state index >= 15 is 0 Å². The lowest BCUT2D eigenvalue weighted by Crippen LogP contribution is -2.39. The predicted molar refractivity (Wildman–Crippen MR) is 121 cm³/mol. The van der Waals surface area contributed by atoms with Crippen LogP contribution in [0, 0.1) is 6.92 Å². The van der Waals surface area contributed by atoms with E-state index < -0.39 is 0 Å². The van der Waals surface area contributed by atoms with Crippen molar-refractivity contribution < 1.29 is 18.8 Å². The molecule has 8 heteroatoms. The lowest BCUT2D eigenvalue weighted by molar-refractivity contribution is 0.0705. The molecule has 0 aliphatic carbocycles. The van der Waals surface area contributed by atoms with Crippen molar-refractivity contribution in [3.05, 3.63) is 53.2 Å². The number of aryl methyl sites for hydroxylation is 1. The molecule has 33 heavy (non-hydrogen) atoms. The Morgan fingerprint density at radius 2 is 1.97 bits per heavy atom. The van der Waals surface area contributed by atoms with Crippen LogP contribution in [0.2, 0.25) is 0 Å². The number of rotatable bonds is 3. The van der Waals surface area contributed by atoms with Crippen LogP contribution >= 0.6 is 0 Å². The van der Waals surface area contributed by atoms with Crippen LogP contribution in [0.25, 0.3) is 11.3 Å². The van der Waals surface area contributed by atoms with Gasteiger partial charge >= 0.3 is 0 Å². The van der Waals surface area contributed by atoms with Gasteiger partial charge in [-0.1, -0.05) is 25.9 Å². The standard InChI is InChI=1S/C25H28N4O4/c1-15-10-20(33-28-15)18-12-26-24(25(2,3)4)27-22(18)17-6-5-9-29(13-17)23(30)16-7-8-19-21(11-16)32-14-31-19/h7-8,10-12,17H,5-6,9,13-14H2,1-4H3. The molecule has 5 rings (SSSR count). The summed E-state index contributed by atoms with van der Waals surface area (Å²) in [7, 11) is 0. The summed E-state index contributed by atoms with van der Waals surface area (Å²) in [4.78, 5) is 24.8. The van der Waals surface area contributed by atoms with Crippen molar-refractivity contribution in [2.75, 3.05) is 19.9 Å². The topological polar surface area (TPSA) is 90.6 Å². The van der Waals surface area contributed by atoms with Gasteiger partial charge in [0.15, 0.2) is 17.3 Å². The number of amides is 1. The van der Waals surface area contributed by atoms with Crippen molar-refractivity contribution >= 4 is 5.91 Å². The average Bonchev–Trinajstić information content (AvgIpc) is 3.46. The van der Waals surface area contributed by atoms with Crippen molar-refractivity contribution in [2.24, 2.45) is 0 Å². The first-order valence-electron chi connectivity index (χ1n) is 11.3. The van der Waals surface area contributed by atoms with E-state index in [1.54, 1.807) is 18.2 Å². The third-order valence-corrected chi connectivity index (χ3v) is 6.10. The first-order valence-corrected chi connectivity index (χ1v) is 11.3. The number of piperidine rings is 1. The molecule has 2 aliphatic rings. The Bertz CT molecular complexity index is 1200. The van der Waals surface area contributed by atoms with Gasteiger partial charge in [0, 0.05) is 42.2 Å². The van der Waals surface area contributed by atoms with E-state index in [0.29, 0.717) is 35.9 Å². The zero-order valence-electron chi connectivity index (χ0n) is 19.4. The van der Waals surface area contributed by atoms with E-state index in [1.807, 2.05) is 24.1 Å². The summed E-state index contributed by atoms with van der Waals surface area (Å²) in [5.41, 5.74) is 2.96. The van der Waals surface area contributed by atoms with Crippen LogP contribution in [-0.2, 0) is 5.41 Å². The van der Waals surface area contributed by atoms with Crippen LogP contribution in [0.4, 0.5) is 0 Å². The van der Waals surface area contributed by atoms with Crippen LogP contribution in [0.1, 0.15) is 67.1 Å². The maximum Gasteiger partial charge on any atom is 0.254 e. The number of fused-ring (bicyclic) bond motifs is 1. The van der Waals surface area contributed by atoms with Gasteiger partial charge in [0.05, 0.1) is 17.0 Å². The summed E-state index contributed by atoms with van der Waals surface area (Å²) >= 11 is 0. The molecule has 3 aromatic rings. The number of hydrogen-bond donors (Lipinski definition) is 0. The van der Waals surface area contributed by atoms with Crippen LogP contribution in [0.5, 0.6) is 11.5 Å². The fourth-order valence-corrected chi connectivity index (χ4v) is 4.34. The molecule has 2 aliphatic heterocycles. The molecule has 4 heterocycles. The molecule has 2 aromatic heterocycles. The first kappa shape index (κ1) is 21.4. The third kappa shape index (κ3) is 4.17. The molecule has 0 saturated carbocycles. The Morgan fingerprint density at radius 1 is 1.15 bits per heavy atom. The minimum atomic E-state index is -0.193. The number of likely N-dealkylation sites (tertiary alicyclic amines) is 1. The zero-order chi connectivity index (χ0) is 23.2. The summed E-state index contributed by atoms with van der Waals surface area (Å²) in [6, 6.07) is 7.25. The Hall–Kier alpha value is -3.42. The van der Waals surface area contributed by atoms with E-state index in [0.717, 1.165) is 35.6 Å².